The topological polar surface area (TPSA) is 49.4 Å². The van der Waals surface area contributed by atoms with E-state index in [-0.39, 0.29) is 24.1 Å². The maximum absolute atomic E-state index is 13.6. The van der Waals surface area contributed by atoms with Gasteiger partial charge in [-0.15, -0.1) is 11.8 Å². The zero-order valence-corrected chi connectivity index (χ0v) is 23.5. The number of amides is 2. The lowest BCUT2D eigenvalue weighted by Crippen LogP contribution is -2.51. The fourth-order valence-electron chi connectivity index (χ4n) is 3.69. The van der Waals surface area contributed by atoms with Crippen LogP contribution in [0.1, 0.15) is 23.6 Å². The van der Waals surface area contributed by atoms with E-state index in [1.807, 2.05) is 37.3 Å². The highest BCUT2D eigenvalue weighted by Gasteiger charge is 2.31. The fourth-order valence-corrected chi connectivity index (χ4v) is 5.86. The summed E-state index contributed by atoms with van der Waals surface area (Å²) in [6, 6.07) is 19.3. The lowest BCUT2D eigenvalue weighted by atomic mass is 10.0. The van der Waals surface area contributed by atoms with Crippen LogP contribution in [0.5, 0.6) is 0 Å². The van der Waals surface area contributed by atoms with Crippen molar-refractivity contribution in [2.75, 3.05) is 12.3 Å². The average molecular weight is 584 g/mol. The molecule has 3 rings (SSSR count). The molecular formula is C27H26Cl4N2O2S. The van der Waals surface area contributed by atoms with Gasteiger partial charge in [0.25, 0.3) is 0 Å². The van der Waals surface area contributed by atoms with Gasteiger partial charge in [0, 0.05) is 50.9 Å². The smallest absolute Gasteiger partial charge is 0.243 e. The molecule has 190 valence electrons. The van der Waals surface area contributed by atoms with Crippen LogP contribution >= 0.6 is 58.2 Å². The fraction of sp³-hybridized carbons (Fsp3) is 0.259. The predicted octanol–water partition coefficient (Wildman–Crippen LogP) is 7.31. The monoisotopic (exact) mass is 582 g/mol. The Morgan fingerprint density at radius 3 is 1.94 bits per heavy atom. The first-order valence-electron chi connectivity index (χ1n) is 11.4. The summed E-state index contributed by atoms with van der Waals surface area (Å²) in [5, 5.41) is 4.84. The van der Waals surface area contributed by atoms with Crippen LogP contribution in [0.15, 0.2) is 66.7 Å². The van der Waals surface area contributed by atoms with Gasteiger partial charge < -0.3 is 10.2 Å². The molecule has 0 aliphatic heterocycles. The zero-order chi connectivity index (χ0) is 26.1. The van der Waals surface area contributed by atoms with Crippen molar-refractivity contribution < 1.29 is 9.59 Å². The van der Waals surface area contributed by atoms with Crippen LogP contribution in [0.3, 0.4) is 0 Å². The molecule has 36 heavy (non-hydrogen) atoms. The van der Waals surface area contributed by atoms with Crippen molar-refractivity contribution in [3.05, 3.63) is 104 Å². The molecule has 3 aromatic carbocycles. The van der Waals surface area contributed by atoms with Crippen molar-refractivity contribution in [3.8, 4) is 0 Å². The van der Waals surface area contributed by atoms with E-state index in [0.717, 1.165) is 11.1 Å². The van der Waals surface area contributed by atoms with Crippen molar-refractivity contribution in [2.24, 2.45) is 0 Å². The normalized spacial score (nSPS) is 11.7. The molecule has 0 aliphatic carbocycles. The Hall–Kier alpha value is -1.89. The molecule has 0 bridgehead atoms. The molecule has 1 N–H and O–H groups in total. The quantitative estimate of drug-likeness (QED) is 0.257. The number of likely N-dealkylation sites (N-methyl/N-ethyl adjacent to an activating group) is 1. The van der Waals surface area contributed by atoms with Crippen LogP contribution in [0.25, 0.3) is 0 Å². The summed E-state index contributed by atoms with van der Waals surface area (Å²) in [6.45, 7) is 2.38. The number of nitrogens with one attached hydrogen (secondary N) is 1. The SMILES string of the molecule is CCNC(=O)[C@@H](Cc1ccccc1)N(Cc1c(Cl)cccc1Cl)C(=O)CSCc1c(Cl)cccc1Cl. The van der Waals surface area contributed by atoms with Gasteiger partial charge in [-0.1, -0.05) is 88.9 Å². The van der Waals surface area contributed by atoms with E-state index in [1.54, 1.807) is 41.3 Å². The number of halogens is 4. The third-order valence-electron chi connectivity index (χ3n) is 5.55. The number of thioether (sulfide) groups is 1. The Kier molecular flexibility index (Phi) is 11.3. The highest BCUT2D eigenvalue weighted by Crippen LogP contribution is 2.30. The van der Waals surface area contributed by atoms with Gasteiger partial charge in [-0.25, -0.2) is 0 Å². The third kappa shape index (κ3) is 7.80. The summed E-state index contributed by atoms with van der Waals surface area (Å²) in [7, 11) is 0. The Balaban J connectivity index is 1.89. The Morgan fingerprint density at radius 1 is 0.833 bits per heavy atom. The van der Waals surface area contributed by atoms with Crippen LogP contribution in [0, 0.1) is 0 Å². The van der Waals surface area contributed by atoms with Gasteiger partial charge in [-0.2, -0.15) is 0 Å². The second kappa shape index (κ2) is 14.2. The molecule has 0 fully saturated rings. The van der Waals surface area contributed by atoms with Crippen molar-refractivity contribution >= 4 is 70.0 Å². The van der Waals surface area contributed by atoms with E-state index in [2.05, 4.69) is 5.32 Å². The van der Waals surface area contributed by atoms with E-state index in [1.165, 1.54) is 11.8 Å². The second-order valence-corrected chi connectivity index (χ2v) is 10.6. The minimum absolute atomic E-state index is 0.0966. The molecule has 0 heterocycles. The number of benzene rings is 3. The van der Waals surface area contributed by atoms with Gasteiger partial charge in [0.15, 0.2) is 0 Å². The zero-order valence-electron chi connectivity index (χ0n) is 19.6. The van der Waals surface area contributed by atoms with Crippen LogP contribution in [0.4, 0.5) is 0 Å². The number of rotatable bonds is 11. The highest BCUT2D eigenvalue weighted by molar-refractivity contribution is 7.99. The van der Waals surface area contributed by atoms with Gasteiger partial charge >= 0.3 is 0 Å². The standard InChI is InChI=1S/C27H26Cl4N2O2S/c1-2-32-27(35)25(14-18-8-4-3-5-9-18)33(15-19-21(28)10-6-11-22(19)29)26(34)17-36-16-20-23(30)12-7-13-24(20)31/h3-13,25H,2,14-17H2,1H3,(H,32,35)/t25-/m1/s1. The third-order valence-corrected chi connectivity index (χ3v) is 7.91. The number of carbonyl (C=O) groups is 2. The minimum atomic E-state index is -0.753. The van der Waals surface area contributed by atoms with Crippen LogP contribution in [-0.2, 0) is 28.3 Å². The summed E-state index contributed by atoms with van der Waals surface area (Å²) in [5.41, 5.74) is 2.30. The van der Waals surface area contributed by atoms with Crippen LogP contribution in [0.2, 0.25) is 20.1 Å². The van der Waals surface area contributed by atoms with Crippen LogP contribution < -0.4 is 5.32 Å². The average Bonchev–Trinajstić information content (AvgIpc) is 2.85. The molecule has 1 atom stereocenters. The minimum Gasteiger partial charge on any atom is -0.355 e. The largest absolute Gasteiger partial charge is 0.355 e. The molecular weight excluding hydrogens is 558 g/mol. The van der Waals surface area contributed by atoms with Gasteiger partial charge in [0.2, 0.25) is 11.8 Å². The van der Waals surface area contributed by atoms with Crippen LogP contribution in [-0.4, -0.2) is 35.1 Å². The first-order valence-corrected chi connectivity index (χ1v) is 14.0. The molecule has 2 amide bonds. The number of nitrogens with zero attached hydrogens (tertiary/aromatic N) is 1. The highest BCUT2D eigenvalue weighted by atomic mass is 35.5. The van der Waals surface area contributed by atoms with E-state index in [9.17, 15) is 9.59 Å². The van der Waals surface area contributed by atoms with E-state index >= 15 is 0 Å². The molecule has 0 radical (unpaired) electrons. The molecule has 3 aromatic rings. The summed E-state index contributed by atoms with van der Waals surface area (Å²) in [4.78, 5) is 28.4. The lowest BCUT2D eigenvalue weighted by Gasteiger charge is -2.32. The number of carbonyl (C=O) groups excluding carboxylic acids is 2. The molecule has 0 aliphatic rings. The summed E-state index contributed by atoms with van der Waals surface area (Å²) in [5.74, 6) is 0.118. The second-order valence-electron chi connectivity index (χ2n) is 8.01. The van der Waals surface area contributed by atoms with Gasteiger partial charge in [-0.05, 0) is 42.3 Å². The van der Waals surface area contributed by atoms with Gasteiger partial charge in [-0.3, -0.25) is 9.59 Å². The molecule has 9 heteroatoms. The van der Waals surface area contributed by atoms with Crippen molar-refractivity contribution in [3.63, 3.8) is 0 Å². The summed E-state index contributed by atoms with van der Waals surface area (Å²) >= 11 is 26.9. The Bertz CT molecular complexity index is 1150. The molecule has 0 saturated heterocycles. The molecule has 0 aromatic heterocycles. The first kappa shape index (κ1) is 28.7. The lowest BCUT2D eigenvalue weighted by molar-refractivity contribution is -0.139. The Morgan fingerprint density at radius 2 is 1.39 bits per heavy atom. The number of hydrogen-bond donors (Lipinski definition) is 1. The number of hydrogen-bond acceptors (Lipinski definition) is 3. The molecule has 0 unspecified atom stereocenters. The molecule has 4 nitrogen and oxygen atoms in total. The van der Waals surface area contributed by atoms with Crippen molar-refractivity contribution in [1.29, 1.82) is 0 Å². The van der Waals surface area contributed by atoms with E-state index in [4.69, 9.17) is 46.4 Å². The molecule has 0 spiro atoms. The molecule has 0 saturated carbocycles. The van der Waals surface area contributed by atoms with E-state index in [0.29, 0.717) is 44.4 Å². The first-order chi connectivity index (χ1) is 17.3. The maximum Gasteiger partial charge on any atom is 0.243 e. The Labute approximate surface area is 236 Å². The van der Waals surface area contributed by atoms with Crippen molar-refractivity contribution in [1.82, 2.24) is 10.2 Å². The van der Waals surface area contributed by atoms with Gasteiger partial charge in [0.05, 0.1) is 5.75 Å². The van der Waals surface area contributed by atoms with E-state index < -0.39 is 6.04 Å². The summed E-state index contributed by atoms with van der Waals surface area (Å²) in [6.07, 6.45) is 0.349. The predicted molar refractivity (Wildman–Crippen MR) is 152 cm³/mol. The van der Waals surface area contributed by atoms with Crippen molar-refractivity contribution in [2.45, 2.75) is 31.7 Å². The van der Waals surface area contributed by atoms with Gasteiger partial charge in [0.1, 0.15) is 6.04 Å². The summed E-state index contributed by atoms with van der Waals surface area (Å²) < 4.78 is 0. The maximum atomic E-state index is 13.6.